The van der Waals surface area contributed by atoms with Gasteiger partial charge in [0.2, 0.25) is 0 Å². The Kier molecular flexibility index (Phi) is 7.77. The van der Waals surface area contributed by atoms with Gasteiger partial charge in [-0.2, -0.15) is 0 Å². The van der Waals surface area contributed by atoms with Gasteiger partial charge in [0.05, 0.1) is 12.0 Å². The number of hydrogen-bond donors (Lipinski definition) is 1. The second-order valence-electron chi connectivity index (χ2n) is 5.38. The van der Waals surface area contributed by atoms with Crippen LogP contribution in [0.3, 0.4) is 0 Å². The largest absolute Gasteiger partial charge is 0.387 e. The van der Waals surface area contributed by atoms with Crippen LogP contribution in [0.15, 0.2) is 42.5 Å². The molecule has 0 bridgehead atoms. The Labute approximate surface area is 123 Å². The van der Waals surface area contributed by atoms with Crippen LogP contribution < -0.4 is 0 Å². The molecule has 1 aromatic carbocycles. The van der Waals surface area contributed by atoms with Gasteiger partial charge in [-0.3, -0.25) is 0 Å². The molecule has 20 heavy (non-hydrogen) atoms. The van der Waals surface area contributed by atoms with Crippen LogP contribution in [0.25, 0.3) is 0 Å². The summed E-state index contributed by atoms with van der Waals surface area (Å²) < 4.78 is 0. The van der Waals surface area contributed by atoms with Crippen molar-refractivity contribution in [2.45, 2.75) is 52.1 Å². The summed E-state index contributed by atoms with van der Waals surface area (Å²) in [5, 5.41) is 10.5. The third-order valence-electron chi connectivity index (χ3n) is 3.35. The lowest BCUT2D eigenvalue weighted by atomic mass is 9.91. The summed E-state index contributed by atoms with van der Waals surface area (Å²) in [7, 11) is 0. The van der Waals surface area contributed by atoms with Crippen molar-refractivity contribution in [1.82, 2.24) is 0 Å². The number of hydrogen-bond acceptors (Lipinski definition) is 1. The second kappa shape index (κ2) is 9.39. The van der Waals surface area contributed by atoms with E-state index in [1.165, 1.54) is 0 Å². The Morgan fingerprint density at radius 2 is 2.00 bits per heavy atom. The zero-order chi connectivity index (χ0) is 14.8. The number of allylic oxidation sites excluding steroid dienone is 1. The van der Waals surface area contributed by atoms with E-state index in [1.54, 1.807) is 0 Å². The van der Waals surface area contributed by atoms with Crippen molar-refractivity contribution >= 4 is 0 Å². The summed E-state index contributed by atoms with van der Waals surface area (Å²) in [5.41, 5.74) is 2.09. The summed E-state index contributed by atoms with van der Waals surface area (Å²) in [6, 6.07) is 9.81. The molecular formula is C19H26O. The van der Waals surface area contributed by atoms with Crippen LogP contribution in [0.2, 0.25) is 0 Å². The SMILES string of the molecule is C=C(C)CCC(C#CCCCC)C(O)c1ccccc1. The van der Waals surface area contributed by atoms with E-state index in [4.69, 9.17) is 0 Å². The Hall–Kier alpha value is -1.52. The first-order chi connectivity index (χ1) is 9.65. The molecule has 2 atom stereocenters. The lowest BCUT2D eigenvalue weighted by Crippen LogP contribution is -2.11. The smallest absolute Gasteiger partial charge is 0.0927 e. The molecule has 1 N–H and O–H groups in total. The minimum Gasteiger partial charge on any atom is -0.387 e. The van der Waals surface area contributed by atoms with Crippen LogP contribution in [0, 0.1) is 17.8 Å². The Bertz CT molecular complexity index is 450. The number of benzene rings is 1. The number of rotatable bonds is 7. The summed E-state index contributed by atoms with van der Waals surface area (Å²) in [6.45, 7) is 8.13. The van der Waals surface area contributed by atoms with Gasteiger partial charge in [0.25, 0.3) is 0 Å². The van der Waals surface area contributed by atoms with Gasteiger partial charge < -0.3 is 5.11 Å². The van der Waals surface area contributed by atoms with Crippen molar-refractivity contribution in [3.8, 4) is 11.8 Å². The topological polar surface area (TPSA) is 20.2 Å². The van der Waals surface area contributed by atoms with Crippen LogP contribution in [0.4, 0.5) is 0 Å². The molecule has 1 rings (SSSR count). The van der Waals surface area contributed by atoms with Gasteiger partial charge >= 0.3 is 0 Å². The van der Waals surface area contributed by atoms with Crippen LogP contribution in [0.1, 0.15) is 57.6 Å². The number of aliphatic hydroxyl groups is 1. The molecule has 0 aliphatic heterocycles. The third-order valence-corrected chi connectivity index (χ3v) is 3.35. The molecule has 0 heterocycles. The standard InChI is InChI=1S/C19H26O/c1-4-5-6-8-13-18(15-14-16(2)3)19(20)17-11-9-7-10-12-17/h7,9-12,18-20H,2,4-6,14-15H2,1,3H3. The lowest BCUT2D eigenvalue weighted by Gasteiger charge is -2.18. The highest BCUT2D eigenvalue weighted by Crippen LogP contribution is 2.26. The monoisotopic (exact) mass is 270 g/mol. The van der Waals surface area contributed by atoms with E-state index >= 15 is 0 Å². The van der Waals surface area contributed by atoms with Gasteiger partial charge in [-0.15, -0.1) is 12.5 Å². The molecule has 0 spiro atoms. The number of unbranched alkanes of at least 4 members (excludes halogenated alkanes) is 2. The molecule has 0 aliphatic rings. The molecule has 0 saturated carbocycles. The molecule has 1 heteroatoms. The van der Waals surface area contributed by atoms with Gasteiger partial charge in [-0.05, 0) is 31.7 Å². The first kappa shape index (κ1) is 16.5. The molecule has 2 unspecified atom stereocenters. The summed E-state index contributed by atoms with van der Waals surface area (Å²) in [6.07, 6.45) is 4.47. The molecule has 1 nitrogen and oxygen atoms in total. The molecule has 0 fully saturated rings. The Morgan fingerprint density at radius 3 is 2.60 bits per heavy atom. The minimum absolute atomic E-state index is 0.00837. The van der Waals surface area contributed by atoms with E-state index in [2.05, 4.69) is 25.3 Å². The maximum atomic E-state index is 10.5. The van der Waals surface area contributed by atoms with Crippen molar-refractivity contribution in [2.75, 3.05) is 0 Å². The van der Waals surface area contributed by atoms with E-state index in [0.29, 0.717) is 0 Å². The first-order valence-corrected chi connectivity index (χ1v) is 7.51. The molecule has 0 saturated heterocycles. The van der Waals surface area contributed by atoms with E-state index < -0.39 is 6.10 Å². The maximum Gasteiger partial charge on any atom is 0.0927 e. The fourth-order valence-electron chi connectivity index (χ4n) is 2.06. The molecule has 0 aromatic heterocycles. The predicted molar refractivity (Wildman–Crippen MR) is 86.2 cm³/mol. The molecule has 1 aromatic rings. The minimum atomic E-state index is -0.510. The molecule has 0 radical (unpaired) electrons. The average molecular weight is 270 g/mol. The van der Waals surface area contributed by atoms with Gasteiger partial charge in [-0.25, -0.2) is 0 Å². The van der Waals surface area contributed by atoms with Crippen LogP contribution in [-0.4, -0.2) is 5.11 Å². The number of aliphatic hydroxyl groups excluding tert-OH is 1. The van der Waals surface area contributed by atoms with Gasteiger partial charge in [-0.1, -0.05) is 55.2 Å². The maximum absolute atomic E-state index is 10.5. The third kappa shape index (κ3) is 6.08. The molecule has 0 amide bonds. The van der Waals surface area contributed by atoms with Crippen molar-refractivity contribution < 1.29 is 5.11 Å². The molecule has 108 valence electrons. The van der Waals surface area contributed by atoms with Crippen molar-refractivity contribution in [2.24, 2.45) is 5.92 Å². The molecular weight excluding hydrogens is 244 g/mol. The Morgan fingerprint density at radius 1 is 1.30 bits per heavy atom. The average Bonchev–Trinajstić information content (AvgIpc) is 2.46. The van der Waals surface area contributed by atoms with E-state index in [9.17, 15) is 5.11 Å². The Balaban J connectivity index is 2.74. The first-order valence-electron chi connectivity index (χ1n) is 7.51. The van der Waals surface area contributed by atoms with Crippen LogP contribution >= 0.6 is 0 Å². The van der Waals surface area contributed by atoms with Gasteiger partial charge in [0.15, 0.2) is 0 Å². The molecule has 0 aliphatic carbocycles. The zero-order valence-electron chi connectivity index (χ0n) is 12.7. The highest BCUT2D eigenvalue weighted by molar-refractivity contribution is 5.21. The summed E-state index contributed by atoms with van der Waals surface area (Å²) in [4.78, 5) is 0. The van der Waals surface area contributed by atoms with Gasteiger partial charge in [0.1, 0.15) is 0 Å². The van der Waals surface area contributed by atoms with E-state index in [0.717, 1.165) is 43.2 Å². The van der Waals surface area contributed by atoms with E-state index in [1.807, 2.05) is 37.3 Å². The predicted octanol–water partition coefficient (Wildman–Crippen LogP) is 4.89. The van der Waals surface area contributed by atoms with Crippen LogP contribution in [-0.2, 0) is 0 Å². The van der Waals surface area contributed by atoms with Crippen molar-refractivity contribution in [1.29, 1.82) is 0 Å². The highest BCUT2D eigenvalue weighted by Gasteiger charge is 2.18. The lowest BCUT2D eigenvalue weighted by molar-refractivity contribution is 0.131. The fourth-order valence-corrected chi connectivity index (χ4v) is 2.06. The van der Waals surface area contributed by atoms with Crippen LogP contribution in [0.5, 0.6) is 0 Å². The highest BCUT2D eigenvalue weighted by atomic mass is 16.3. The normalized spacial score (nSPS) is 13.2. The summed E-state index contributed by atoms with van der Waals surface area (Å²) >= 11 is 0. The van der Waals surface area contributed by atoms with Crippen molar-refractivity contribution in [3.63, 3.8) is 0 Å². The second-order valence-corrected chi connectivity index (χ2v) is 5.38. The zero-order valence-corrected chi connectivity index (χ0v) is 12.7. The fraction of sp³-hybridized carbons (Fsp3) is 0.474. The quantitative estimate of drug-likeness (QED) is 0.425. The summed E-state index contributed by atoms with van der Waals surface area (Å²) in [5.74, 6) is 6.48. The van der Waals surface area contributed by atoms with E-state index in [-0.39, 0.29) is 5.92 Å². The van der Waals surface area contributed by atoms with Crippen molar-refractivity contribution in [3.05, 3.63) is 48.0 Å². The van der Waals surface area contributed by atoms with Gasteiger partial charge in [0, 0.05) is 6.42 Å².